The number of carbonyl (C=O) groups excluding carboxylic acids is 3. The maximum atomic E-state index is 12.0. The molecular formula is C12H14N4O4S2. The van der Waals surface area contributed by atoms with Crippen molar-refractivity contribution in [3.63, 3.8) is 0 Å². The first-order chi connectivity index (χ1) is 10.5. The molecule has 0 aromatic carbocycles. The number of aromatic nitrogens is 2. The monoisotopic (exact) mass is 342 g/mol. The molecule has 22 heavy (non-hydrogen) atoms. The standard InChI is InChI=1S/C12H14N4O4S2/c1-21-5-8-14-7(4-9(17)15-8)11(19)13-2-3-16-10(18)6-22-12(16)20/h4H,2-3,5-6H2,1H3,(H,13,19)(H,14,15,17). The first-order valence-electron chi connectivity index (χ1n) is 6.35. The molecule has 118 valence electrons. The van der Waals surface area contributed by atoms with Gasteiger partial charge in [-0.15, -0.1) is 0 Å². The largest absolute Gasteiger partial charge is 0.349 e. The molecule has 0 spiro atoms. The van der Waals surface area contributed by atoms with Crippen LogP contribution in [0, 0.1) is 0 Å². The van der Waals surface area contributed by atoms with Crippen LogP contribution in [0.2, 0.25) is 0 Å². The van der Waals surface area contributed by atoms with Crippen molar-refractivity contribution in [2.45, 2.75) is 5.75 Å². The minimum absolute atomic E-state index is 0.0150. The van der Waals surface area contributed by atoms with E-state index in [0.717, 1.165) is 22.7 Å². The Hall–Kier alpha value is -1.81. The summed E-state index contributed by atoms with van der Waals surface area (Å²) in [5.74, 6) is 0.276. The topological polar surface area (TPSA) is 112 Å². The second-order valence-corrected chi connectivity index (χ2v) is 6.16. The number of imide groups is 1. The number of nitrogens with one attached hydrogen (secondary N) is 2. The molecule has 0 radical (unpaired) electrons. The lowest BCUT2D eigenvalue weighted by molar-refractivity contribution is -0.124. The van der Waals surface area contributed by atoms with Crippen molar-refractivity contribution >= 4 is 40.6 Å². The summed E-state index contributed by atoms with van der Waals surface area (Å²) >= 11 is 2.41. The Bertz CT molecular complexity index is 645. The molecule has 0 aliphatic carbocycles. The quantitative estimate of drug-likeness (QED) is 0.751. The maximum absolute atomic E-state index is 12.0. The van der Waals surface area contributed by atoms with E-state index >= 15 is 0 Å². The number of H-pyrrole nitrogens is 1. The van der Waals surface area contributed by atoms with Crippen molar-refractivity contribution in [2.75, 3.05) is 25.1 Å². The molecule has 3 amide bonds. The van der Waals surface area contributed by atoms with E-state index in [0.29, 0.717) is 11.6 Å². The molecule has 1 aromatic heterocycles. The van der Waals surface area contributed by atoms with Gasteiger partial charge in [0.1, 0.15) is 11.5 Å². The predicted molar refractivity (Wildman–Crippen MR) is 84.0 cm³/mol. The van der Waals surface area contributed by atoms with Gasteiger partial charge >= 0.3 is 0 Å². The van der Waals surface area contributed by atoms with Gasteiger partial charge in [-0.2, -0.15) is 11.8 Å². The highest BCUT2D eigenvalue weighted by Gasteiger charge is 2.29. The molecule has 10 heteroatoms. The Labute approximate surface area is 134 Å². The molecule has 1 aliphatic rings. The number of aromatic amines is 1. The molecule has 2 N–H and O–H groups in total. The van der Waals surface area contributed by atoms with E-state index in [1.54, 1.807) is 0 Å². The number of hydrogen-bond donors (Lipinski definition) is 2. The lowest BCUT2D eigenvalue weighted by Crippen LogP contribution is -2.38. The summed E-state index contributed by atoms with van der Waals surface area (Å²) in [6, 6.07) is 1.11. The van der Waals surface area contributed by atoms with Crippen molar-refractivity contribution < 1.29 is 14.4 Å². The molecule has 0 saturated carbocycles. The molecule has 1 saturated heterocycles. The number of thioether (sulfide) groups is 2. The number of nitrogens with zero attached hydrogens (tertiary/aromatic N) is 2. The fourth-order valence-corrected chi connectivity index (χ4v) is 2.96. The zero-order valence-corrected chi connectivity index (χ0v) is 13.4. The van der Waals surface area contributed by atoms with E-state index in [9.17, 15) is 19.2 Å². The third-order valence-electron chi connectivity index (χ3n) is 2.77. The highest BCUT2D eigenvalue weighted by atomic mass is 32.2. The summed E-state index contributed by atoms with van der Waals surface area (Å²) in [5, 5.41) is 2.24. The first-order valence-corrected chi connectivity index (χ1v) is 8.73. The van der Waals surface area contributed by atoms with Crippen molar-refractivity contribution in [3.05, 3.63) is 27.9 Å². The maximum Gasteiger partial charge on any atom is 0.288 e. The van der Waals surface area contributed by atoms with Crippen LogP contribution in [0.5, 0.6) is 0 Å². The van der Waals surface area contributed by atoms with Crippen LogP contribution in [0.25, 0.3) is 0 Å². The van der Waals surface area contributed by atoms with Gasteiger partial charge in [-0.05, 0) is 6.26 Å². The number of hydrogen-bond acceptors (Lipinski definition) is 7. The number of amides is 3. The second-order valence-electron chi connectivity index (χ2n) is 4.37. The van der Waals surface area contributed by atoms with Gasteiger partial charge < -0.3 is 10.3 Å². The van der Waals surface area contributed by atoms with Crippen molar-refractivity contribution in [3.8, 4) is 0 Å². The van der Waals surface area contributed by atoms with E-state index in [4.69, 9.17) is 0 Å². The molecular weight excluding hydrogens is 328 g/mol. The third kappa shape index (κ3) is 4.10. The van der Waals surface area contributed by atoms with Gasteiger partial charge in [-0.25, -0.2) is 4.98 Å². The molecule has 1 fully saturated rings. The normalized spacial score (nSPS) is 14.5. The van der Waals surface area contributed by atoms with Crippen LogP contribution >= 0.6 is 23.5 Å². The Kier molecular flexibility index (Phi) is 5.61. The van der Waals surface area contributed by atoms with E-state index in [1.807, 2.05) is 6.26 Å². The molecule has 2 heterocycles. The lowest BCUT2D eigenvalue weighted by Gasteiger charge is -2.13. The van der Waals surface area contributed by atoms with Crippen LogP contribution < -0.4 is 10.9 Å². The van der Waals surface area contributed by atoms with Crippen LogP contribution in [0.4, 0.5) is 4.79 Å². The lowest BCUT2D eigenvalue weighted by atomic mass is 10.3. The smallest absolute Gasteiger partial charge is 0.288 e. The van der Waals surface area contributed by atoms with Gasteiger partial charge in [-0.1, -0.05) is 11.8 Å². The van der Waals surface area contributed by atoms with Crippen LogP contribution in [0.15, 0.2) is 10.9 Å². The van der Waals surface area contributed by atoms with Gasteiger partial charge in [-0.3, -0.25) is 24.1 Å². The Morgan fingerprint density at radius 2 is 2.27 bits per heavy atom. The SMILES string of the molecule is CSCc1nc(C(=O)NCCN2C(=O)CSC2=O)cc(=O)[nH]1. The predicted octanol–water partition coefficient (Wildman–Crippen LogP) is 0.0581. The highest BCUT2D eigenvalue weighted by molar-refractivity contribution is 8.14. The van der Waals surface area contributed by atoms with Crippen molar-refractivity contribution in [1.82, 2.24) is 20.2 Å². The molecule has 0 unspecified atom stereocenters. The third-order valence-corrected chi connectivity index (χ3v) is 4.19. The summed E-state index contributed by atoms with van der Waals surface area (Å²) in [7, 11) is 0. The molecule has 2 rings (SSSR count). The van der Waals surface area contributed by atoms with E-state index in [-0.39, 0.29) is 35.7 Å². The summed E-state index contributed by atoms with van der Waals surface area (Å²) in [5.41, 5.74) is -0.383. The Morgan fingerprint density at radius 3 is 2.91 bits per heavy atom. The molecule has 8 nitrogen and oxygen atoms in total. The van der Waals surface area contributed by atoms with Gasteiger partial charge in [0.25, 0.3) is 16.7 Å². The fourth-order valence-electron chi connectivity index (χ4n) is 1.80. The van der Waals surface area contributed by atoms with Crippen LogP contribution in [-0.4, -0.2) is 57.0 Å². The van der Waals surface area contributed by atoms with Crippen molar-refractivity contribution in [1.29, 1.82) is 0 Å². The minimum Gasteiger partial charge on any atom is -0.349 e. The molecule has 0 atom stereocenters. The van der Waals surface area contributed by atoms with Crippen LogP contribution in [0.1, 0.15) is 16.3 Å². The number of rotatable bonds is 6. The van der Waals surface area contributed by atoms with Gasteiger partial charge in [0.2, 0.25) is 5.91 Å². The first kappa shape index (κ1) is 16.6. The van der Waals surface area contributed by atoms with Crippen molar-refractivity contribution in [2.24, 2.45) is 0 Å². The van der Waals surface area contributed by atoms with Gasteiger partial charge in [0.05, 0.1) is 11.5 Å². The summed E-state index contributed by atoms with van der Waals surface area (Å²) in [4.78, 5) is 53.9. The van der Waals surface area contributed by atoms with Crippen LogP contribution in [-0.2, 0) is 10.5 Å². The Balaban J connectivity index is 1.93. The van der Waals surface area contributed by atoms with Gasteiger partial charge in [0, 0.05) is 19.2 Å². The highest BCUT2D eigenvalue weighted by Crippen LogP contribution is 2.17. The summed E-state index contributed by atoms with van der Waals surface area (Å²) in [6.45, 7) is 0.223. The van der Waals surface area contributed by atoms with Crippen LogP contribution in [0.3, 0.4) is 0 Å². The molecule has 0 bridgehead atoms. The molecule has 1 aliphatic heterocycles. The zero-order chi connectivity index (χ0) is 16.1. The summed E-state index contributed by atoms with van der Waals surface area (Å²) in [6.07, 6.45) is 1.86. The number of carbonyl (C=O) groups is 3. The molecule has 1 aromatic rings. The minimum atomic E-state index is -0.514. The Morgan fingerprint density at radius 1 is 1.50 bits per heavy atom. The average molecular weight is 342 g/mol. The second kappa shape index (κ2) is 7.45. The fraction of sp³-hybridized carbons (Fsp3) is 0.417. The van der Waals surface area contributed by atoms with E-state index in [2.05, 4.69) is 15.3 Å². The van der Waals surface area contributed by atoms with E-state index < -0.39 is 11.5 Å². The summed E-state index contributed by atoms with van der Waals surface area (Å²) < 4.78 is 0. The average Bonchev–Trinajstić information content (AvgIpc) is 2.78. The zero-order valence-electron chi connectivity index (χ0n) is 11.7. The van der Waals surface area contributed by atoms with E-state index in [1.165, 1.54) is 11.8 Å². The van der Waals surface area contributed by atoms with Gasteiger partial charge in [0.15, 0.2) is 0 Å².